The van der Waals surface area contributed by atoms with Gasteiger partial charge in [0.2, 0.25) is 0 Å². The minimum atomic E-state index is 0.555. The van der Waals surface area contributed by atoms with Crippen molar-refractivity contribution in [1.29, 1.82) is 0 Å². The molecule has 1 unspecified atom stereocenters. The fourth-order valence-corrected chi connectivity index (χ4v) is 4.45. The largest absolute Gasteiger partial charge is 0.303 e. The quantitative estimate of drug-likeness (QED) is 0.0987. The van der Waals surface area contributed by atoms with Gasteiger partial charge in [-0.3, -0.25) is 0 Å². The third kappa shape index (κ3) is 7.27. The summed E-state index contributed by atoms with van der Waals surface area (Å²) in [6, 6.07) is 10.9. The smallest absolute Gasteiger partial charge is 0.144 e. The molecule has 0 heterocycles. The number of benzene rings is 1. The van der Waals surface area contributed by atoms with Crippen molar-refractivity contribution < 1.29 is 4.48 Å². The van der Waals surface area contributed by atoms with Gasteiger partial charge in [-0.1, -0.05) is 57.0 Å². The molecule has 0 bridgehead atoms. The Morgan fingerprint density at radius 1 is 1.00 bits per heavy atom. The molecule has 0 radical (unpaired) electrons. The molecule has 1 atom stereocenters. The van der Waals surface area contributed by atoms with E-state index in [1.807, 2.05) is 0 Å². The van der Waals surface area contributed by atoms with Crippen molar-refractivity contribution in [2.24, 2.45) is 0 Å². The van der Waals surface area contributed by atoms with Gasteiger partial charge in [0.15, 0.2) is 0 Å². The predicted molar refractivity (Wildman–Crippen MR) is 111 cm³/mol. The number of hydrogen-bond acceptors (Lipinski definition) is 0. The zero-order valence-electron chi connectivity index (χ0n) is 14.9. The third-order valence-corrected chi connectivity index (χ3v) is 6.28. The van der Waals surface area contributed by atoms with E-state index in [1.54, 1.807) is 0 Å². The molecule has 0 aliphatic rings. The molecule has 0 aromatic heterocycles. The molecule has 23 heavy (non-hydrogen) atoms. The SMILES string of the molecule is C#CC[N+](CCCCC)(CCCCC)C(I)Cc1ccccc1. The zero-order valence-corrected chi connectivity index (χ0v) is 17.1. The number of terminal acetylenes is 1. The van der Waals surface area contributed by atoms with Crippen LogP contribution in [0.2, 0.25) is 0 Å². The van der Waals surface area contributed by atoms with Gasteiger partial charge in [-0.2, -0.15) is 0 Å². The second-order valence-electron chi connectivity index (χ2n) is 6.57. The molecule has 0 aliphatic heterocycles. The van der Waals surface area contributed by atoms with Crippen molar-refractivity contribution >= 4 is 22.6 Å². The molecule has 1 aromatic rings. The lowest BCUT2D eigenvalue weighted by Crippen LogP contribution is -2.55. The maximum atomic E-state index is 5.79. The van der Waals surface area contributed by atoms with E-state index in [2.05, 4.69) is 72.7 Å². The highest BCUT2D eigenvalue weighted by Crippen LogP contribution is 2.26. The van der Waals surface area contributed by atoms with Gasteiger partial charge in [-0.15, -0.1) is 6.42 Å². The highest BCUT2D eigenvalue weighted by molar-refractivity contribution is 14.1. The summed E-state index contributed by atoms with van der Waals surface area (Å²) in [5.74, 6) is 3.00. The van der Waals surface area contributed by atoms with Crippen molar-refractivity contribution in [2.75, 3.05) is 19.6 Å². The molecule has 0 aliphatic carbocycles. The maximum absolute atomic E-state index is 5.79. The van der Waals surface area contributed by atoms with E-state index in [9.17, 15) is 0 Å². The van der Waals surface area contributed by atoms with Crippen molar-refractivity contribution in [2.45, 2.75) is 62.8 Å². The molecule has 0 amide bonds. The Kier molecular flexibility index (Phi) is 10.6. The molecule has 0 saturated heterocycles. The van der Waals surface area contributed by atoms with E-state index in [4.69, 9.17) is 6.42 Å². The van der Waals surface area contributed by atoms with Gasteiger partial charge in [-0.25, -0.2) is 0 Å². The Labute approximate surface area is 157 Å². The van der Waals surface area contributed by atoms with Gasteiger partial charge in [0.05, 0.1) is 13.1 Å². The Morgan fingerprint density at radius 2 is 1.57 bits per heavy atom. The van der Waals surface area contributed by atoms with Crippen LogP contribution in [-0.2, 0) is 6.42 Å². The van der Waals surface area contributed by atoms with Crippen LogP contribution in [0.1, 0.15) is 57.9 Å². The molecule has 0 fully saturated rings. The molecule has 1 rings (SSSR count). The number of rotatable bonds is 12. The lowest BCUT2D eigenvalue weighted by Gasteiger charge is -2.42. The van der Waals surface area contributed by atoms with Crippen molar-refractivity contribution in [3.63, 3.8) is 0 Å². The summed E-state index contributed by atoms with van der Waals surface area (Å²) in [7, 11) is 0. The van der Waals surface area contributed by atoms with Crippen molar-refractivity contribution in [3.8, 4) is 12.3 Å². The molecule has 1 aromatic carbocycles. The van der Waals surface area contributed by atoms with E-state index in [-0.39, 0.29) is 0 Å². The monoisotopic (exact) mass is 426 g/mol. The van der Waals surface area contributed by atoms with E-state index >= 15 is 0 Å². The van der Waals surface area contributed by atoms with E-state index < -0.39 is 0 Å². The maximum Gasteiger partial charge on any atom is 0.144 e. The summed E-state index contributed by atoms with van der Waals surface area (Å²) in [6.45, 7) is 7.87. The van der Waals surface area contributed by atoms with Crippen LogP contribution in [0.25, 0.3) is 0 Å². The number of unbranched alkanes of at least 4 members (excludes halogenated alkanes) is 4. The van der Waals surface area contributed by atoms with Crippen LogP contribution < -0.4 is 0 Å². The molecule has 2 heteroatoms. The van der Waals surface area contributed by atoms with Crippen LogP contribution in [0.3, 0.4) is 0 Å². The fourth-order valence-electron chi connectivity index (χ4n) is 3.19. The minimum Gasteiger partial charge on any atom is -0.303 e. The van der Waals surface area contributed by atoms with E-state index in [1.165, 1.54) is 57.2 Å². The summed E-state index contributed by atoms with van der Waals surface area (Å²) >= 11 is 2.66. The number of alkyl halides is 1. The van der Waals surface area contributed by atoms with Gasteiger partial charge in [0, 0.05) is 6.42 Å². The normalized spacial score (nSPS) is 12.8. The number of nitrogens with zero attached hydrogens (tertiary/aromatic N) is 1. The first-order valence-corrected chi connectivity index (χ1v) is 10.4. The number of hydrogen-bond donors (Lipinski definition) is 0. The summed E-state index contributed by atoms with van der Waals surface area (Å²) in [5, 5.41) is 0. The van der Waals surface area contributed by atoms with Crippen LogP contribution in [0.5, 0.6) is 0 Å². The zero-order chi connectivity index (χ0) is 17.0. The Hall–Kier alpha value is -0.530. The lowest BCUT2D eigenvalue weighted by atomic mass is 10.1. The van der Waals surface area contributed by atoms with Gasteiger partial charge in [-0.05, 0) is 59.8 Å². The molecule has 0 spiro atoms. The van der Waals surface area contributed by atoms with Gasteiger partial charge in [0.1, 0.15) is 10.6 Å². The van der Waals surface area contributed by atoms with Gasteiger partial charge < -0.3 is 4.48 Å². The molecule has 1 nitrogen and oxygen atoms in total. The Bertz CT molecular complexity index is 439. The second kappa shape index (κ2) is 11.9. The van der Waals surface area contributed by atoms with Gasteiger partial charge in [0.25, 0.3) is 0 Å². The summed E-state index contributed by atoms with van der Waals surface area (Å²) in [6.07, 6.45) is 14.7. The Morgan fingerprint density at radius 3 is 2.04 bits per heavy atom. The Balaban J connectivity index is 2.85. The van der Waals surface area contributed by atoms with Crippen LogP contribution >= 0.6 is 22.6 Å². The average Bonchev–Trinajstić information content (AvgIpc) is 2.56. The summed E-state index contributed by atoms with van der Waals surface area (Å²) < 4.78 is 1.64. The first-order chi connectivity index (χ1) is 11.2. The van der Waals surface area contributed by atoms with Crippen LogP contribution in [0, 0.1) is 12.3 Å². The standard InChI is InChI=1S/C21H33IN/c1-4-7-12-17-23(16-6-3,18-13-8-5-2)21(22)19-20-14-10-9-11-15-20/h3,9-11,14-15,21H,4-5,7-8,12-13,16-19H2,1-2H3/q+1. The highest BCUT2D eigenvalue weighted by atomic mass is 127. The summed E-state index contributed by atoms with van der Waals surface area (Å²) in [5.41, 5.74) is 1.43. The van der Waals surface area contributed by atoms with Crippen LogP contribution in [-0.4, -0.2) is 28.2 Å². The van der Waals surface area contributed by atoms with Gasteiger partial charge >= 0.3 is 0 Å². The molecule has 0 N–H and O–H groups in total. The molecule has 0 saturated carbocycles. The van der Waals surface area contributed by atoms with E-state index in [0.717, 1.165) is 17.4 Å². The average molecular weight is 426 g/mol. The van der Waals surface area contributed by atoms with Crippen LogP contribution in [0.4, 0.5) is 0 Å². The minimum absolute atomic E-state index is 0.555. The topological polar surface area (TPSA) is 0 Å². The highest BCUT2D eigenvalue weighted by Gasteiger charge is 2.33. The number of quaternary nitrogens is 1. The predicted octanol–water partition coefficient (Wildman–Crippen LogP) is 5.82. The lowest BCUT2D eigenvalue weighted by molar-refractivity contribution is -0.927. The number of halogens is 1. The fraction of sp³-hybridized carbons (Fsp3) is 0.619. The molecule has 128 valence electrons. The summed E-state index contributed by atoms with van der Waals surface area (Å²) in [4.78, 5) is 0. The third-order valence-electron chi connectivity index (χ3n) is 4.66. The molecular formula is C21H33IN+. The molecular weight excluding hydrogens is 393 g/mol. The van der Waals surface area contributed by atoms with Crippen LogP contribution in [0.15, 0.2) is 30.3 Å². The first kappa shape index (κ1) is 20.5. The van der Waals surface area contributed by atoms with E-state index in [0.29, 0.717) is 4.05 Å². The first-order valence-electron chi connectivity index (χ1n) is 9.15. The van der Waals surface area contributed by atoms with Crippen molar-refractivity contribution in [1.82, 2.24) is 0 Å². The van der Waals surface area contributed by atoms with Crippen molar-refractivity contribution in [3.05, 3.63) is 35.9 Å². The second-order valence-corrected chi connectivity index (χ2v) is 8.00.